The summed E-state index contributed by atoms with van der Waals surface area (Å²) in [4.78, 5) is 17.3. The summed E-state index contributed by atoms with van der Waals surface area (Å²) in [5, 5.41) is 0. The van der Waals surface area contributed by atoms with Crippen molar-refractivity contribution in [3.63, 3.8) is 0 Å². The van der Waals surface area contributed by atoms with Gasteiger partial charge >= 0.3 is 0 Å². The number of imidazole rings is 1. The number of hydrogen-bond acceptors (Lipinski definition) is 5. The molecule has 1 unspecified atom stereocenters. The molecular weight excluding hydrogens is 350 g/mol. The molecule has 2 aromatic heterocycles. The van der Waals surface area contributed by atoms with Crippen LogP contribution in [0.1, 0.15) is 81.2 Å². The first-order valence-electron chi connectivity index (χ1n) is 10.6. The predicted octanol–water partition coefficient (Wildman–Crippen LogP) is 3.87. The molecule has 1 aliphatic heterocycles. The van der Waals surface area contributed by atoms with E-state index in [1.165, 1.54) is 30.1 Å². The Morgan fingerprint density at radius 3 is 2.61 bits per heavy atom. The third-order valence-corrected chi connectivity index (χ3v) is 5.98. The van der Waals surface area contributed by atoms with Crippen LogP contribution in [0.4, 0.5) is 5.82 Å². The average Bonchev–Trinajstić information content (AvgIpc) is 3.26. The Morgan fingerprint density at radius 1 is 1.11 bits per heavy atom. The van der Waals surface area contributed by atoms with E-state index in [2.05, 4.69) is 43.4 Å². The lowest BCUT2D eigenvalue weighted by Gasteiger charge is -2.28. The van der Waals surface area contributed by atoms with E-state index in [-0.39, 0.29) is 11.5 Å². The van der Waals surface area contributed by atoms with E-state index in [9.17, 15) is 0 Å². The maximum Gasteiger partial charge on any atom is 0.136 e. The lowest BCUT2D eigenvalue weighted by Crippen LogP contribution is -2.28. The summed E-state index contributed by atoms with van der Waals surface area (Å²) in [5.74, 6) is 3.09. The van der Waals surface area contributed by atoms with Crippen molar-refractivity contribution in [2.75, 3.05) is 18.6 Å². The molecule has 6 heteroatoms. The summed E-state index contributed by atoms with van der Waals surface area (Å²) >= 11 is 0. The molecule has 0 bridgehead atoms. The van der Waals surface area contributed by atoms with Gasteiger partial charge in [-0.3, -0.25) is 0 Å². The summed E-state index contributed by atoms with van der Waals surface area (Å²) in [6.07, 6.45) is 7.11. The van der Waals surface area contributed by atoms with Gasteiger partial charge in [0.25, 0.3) is 0 Å². The van der Waals surface area contributed by atoms with Crippen molar-refractivity contribution in [3.8, 4) is 0 Å². The van der Waals surface area contributed by atoms with E-state index in [0.29, 0.717) is 6.61 Å². The minimum absolute atomic E-state index is 0.101. The van der Waals surface area contributed by atoms with E-state index in [0.717, 1.165) is 49.6 Å². The van der Waals surface area contributed by atoms with Crippen LogP contribution < -0.4 is 4.90 Å². The van der Waals surface area contributed by atoms with Crippen molar-refractivity contribution < 1.29 is 4.74 Å². The highest BCUT2D eigenvalue weighted by Crippen LogP contribution is 2.37. The number of aryl methyl sites for hydroxylation is 1. The zero-order valence-corrected chi connectivity index (χ0v) is 18.0. The van der Waals surface area contributed by atoms with Crippen LogP contribution in [0, 0.1) is 0 Å². The normalized spacial score (nSPS) is 19.9. The lowest BCUT2D eigenvalue weighted by molar-refractivity contribution is 0.181. The summed E-state index contributed by atoms with van der Waals surface area (Å²) < 4.78 is 7.73. The van der Waals surface area contributed by atoms with Gasteiger partial charge < -0.3 is 14.2 Å². The quantitative estimate of drug-likeness (QED) is 0.802. The van der Waals surface area contributed by atoms with Gasteiger partial charge in [0.05, 0.1) is 24.0 Å². The third kappa shape index (κ3) is 3.54. The molecule has 1 aliphatic carbocycles. The molecule has 1 saturated heterocycles. The Hall–Kier alpha value is -1.95. The van der Waals surface area contributed by atoms with Gasteiger partial charge in [-0.1, -0.05) is 20.8 Å². The van der Waals surface area contributed by atoms with Crippen molar-refractivity contribution in [1.29, 1.82) is 0 Å². The van der Waals surface area contributed by atoms with Gasteiger partial charge in [-0.2, -0.15) is 0 Å². The molecule has 0 spiro atoms. The Kier molecular flexibility index (Phi) is 5.17. The Bertz CT molecular complexity index is 851. The minimum Gasteiger partial charge on any atom is -0.378 e. The van der Waals surface area contributed by atoms with Gasteiger partial charge in [-0.05, 0) is 38.5 Å². The molecule has 0 saturated carbocycles. The fraction of sp³-hybridized carbons (Fsp3) is 0.682. The van der Waals surface area contributed by atoms with Crippen molar-refractivity contribution in [2.45, 2.75) is 77.4 Å². The van der Waals surface area contributed by atoms with E-state index < -0.39 is 0 Å². The minimum atomic E-state index is -0.101. The van der Waals surface area contributed by atoms with Crippen LogP contribution in [-0.2, 0) is 36.6 Å². The van der Waals surface area contributed by atoms with Crippen LogP contribution >= 0.6 is 0 Å². The molecule has 1 atom stereocenters. The largest absolute Gasteiger partial charge is 0.378 e. The summed E-state index contributed by atoms with van der Waals surface area (Å²) in [5.41, 5.74) is 3.60. The molecule has 28 heavy (non-hydrogen) atoms. The number of fused-ring (bicyclic) bond motifs is 1. The number of ether oxygens (including phenoxy) is 1. The van der Waals surface area contributed by atoms with Crippen molar-refractivity contribution in [2.24, 2.45) is 7.05 Å². The highest BCUT2D eigenvalue weighted by Gasteiger charge is 2.33. The molecule has 0 N–H and O–H groups in total. The van der Waals surface area contributed by atoms with Crippen molar-refractivity contribution >= 4 is 5.82 Å². The SMILES string of the molecule is COCc1cc(N2CCCC2c2nc3c(n2C)CCCC3)nc(C(C)(C)C)n1. The highest BCUT2D eigenvalue weighted by molar-refractivity contribution is 5.44. The Morgan fingerprint density at radius 2 is 1.89 bits per heavy atom. The molecule has 2 aromatic rings. The highest BCUT2D eigenvalue weighted by atomic mass is 16.5. The van der Waals surface area contributed by atoms with Crippen molar-refractivity contribution in [1.82, 2.24) is 19.5 Å². The Labute approximate surface area is 168 Å². The number of hydrogen-bond donors (Lipinski definition) is 0. The molecule has 3 heterocycles. The second-order valence-corrected chi connectivity index (χ2v) is 9.21. The van der Waals surface area contributed by atoms with Crippen molar-refractivity contribution in [3.05, 3.63) is 34.8 Å². The first kappa shape index (κ1) is 19.4. The van der Waals surface area contributed by atoms with E-state index >= 15 is 0 Å². The van der Waals surface area contributed by atoms with E-state index in [4.69, 9.17) is 19.7 Å². The van der Waals surface area contributed by atoms with Crippen LogP contribution in [0.3, 0.4) is 0 Å². The number of aromatic nitrogens is 4. The third-order valence-electron chi connectivity index (χ3n) is 5.98. The van der Waals surface area contributed by atoms with Gasteiger partial charge in [0.1, 0.15) is 17.5 Å². The second-order valence-electron chi connectivity index (χ2n) is 9.21. The molecule has 6 nitrogen and oxygen atoms in total. The smallest absolute Gasteiger partial charge is 0.136 e. The molecule has 152 valence electrons. The first-order valence-corrected chi connectivity index (χ1v) is 10.6. The van der Waals surface area contributed by atoms with Gasteiger partial charge in [-0.25, -0.2) is 15.0 Å². The summed E-state index contributed by atoms with van der Waals surface area (Å²) in [6.45, 7) is 8.01. The van der Waals surface area contributed by atoms with Gasteiger partial charge in [0.2, 0.25) is 0 Å². The Balaban J connectivity index is 1.72. The van der Waals surface area contributed by atoms with Crippen LogP contribution in [-0.4, -0.2) is 33.2 Å². The fourth-order valence-electron chi connectivity index (χ4n) is 4.50. The number of anilines is 1. The number of nitrogens with zero attached hydrogens (tertiary/aromatic N) is 5. The van der Waals surface area contributed by atoms with E-state index in [1.807, 2.05) is 0 Å². The van der Waals surface area contributed by atoms with Gasteiger partial charge in [0, 0.05) is 37.9 Å². The van der Waals surface area contributed by atoms with Crippen LogP contribution in [0.25, 0.3) is 0 Å². The molecule has 2 aliphatic rings. The van der Waals surface area contributed by atoms with Crippen LogP contribution in [0.2, 0.25) is 0 Å². The lowest BCUT2D eigenvalue weighted by atomic mass is 9.95. The van der Waals surface area contributed by atoms with Crippen LogP contribution in [0.5, 0.6) is 0 Å². The fourth-order valence-corrected chi connectivity index (χ4v) is 4.50. The molecule has 0 radical (unpaired) electrons. The van der Waals surface area contributed by atoms with E-state index in [1.54, 1.807) is 7.11 Å². The molecule has 4 rings (SSSR count). The maximum absolute atomic E-state index is 5.37. The monoisotopic (exact) mass is 383 g/mol. The van der Waals surface area contributed by atoms with Crippen LogP contribution in [0.15, 0.2) is 6.07 Å². The molecule has 0 amide bonds. The predicted molar refractivity (Wildman–Crippen MR) is 111 cm³/mol. The van der Waals surface area contributed by atoms with Gasteiger partial charge in [0.15, 0.2) is 0 Å². The second kappa shape index (κ2) is 7.47. The number of methoxy groups -OCH3 is 1. The number of rotatable bonds is 4. The summed E-state index contributed by atoms with van der Waals surface area (Å²) in [7, 11) is 3.91. The zero-order valence-electron chi connectivity index (χ0n) is 18.0. The first-order chi connectivity index (χ1) is 13.4. The topological polar surface area (TPSA) is 56.1 Å². The summed E-state index contributed by atoms with van der Waals surface area (Å²) in [6, 6.07) is 2.38. The average molecular weight is 384 g/mol. The van der Waals surface area contributed by atoms with Gasteiger partial charge in [-0.15, -0.1) is 0 Å². The standard InChI is InChI=1S/C22H33N5O/c1-22(2,3)21-23-15(14-28-5)13-19(25-21)27-12-8-11-18(27)20-24-16-9-6-7-10-17(16)26(20)4/h13,18H,6-12,14H2,1-5H3. The molecular formula is C22H33N5O. The maximum atomic E-state index is 5.37. The molecule has 1 fully saturated rings. The molecule has 0 aromatic carbocycles. The zero-order chi connectivity index (χ0) is 19.9.